The quantitative estimate of drug-likeness (QED) is 0.576. The van der Waals surface area contributed by atoms with Gasteiger partial charge in [0.1, 0.15) is 5.52 Å². The lowest BCUT2D eigenvalue weighted by Crippen LogP contribution is -2.31. The number of carbonyl (C=O) groups is 1. The van der Waals surface area contributed by atoms with E-state index in [-0.39, 0.29) is 5.78 Å². The van der Waals surface area contributed by atoms with Gasteiger partial charge in [0.05, 0.1) is 28.2 Å². The van der Waals surface area contributed by atoms with Gasteiger partial charge in [0.15, 0.2) is 5.78 Å². The molecule has 3 heterocycles. The summed E-state index contributed by atoms with van der Waals surface area (Å²) in [5, 5.41) is 11.0. The van der Waals surface area contributed by atoms with Crippen molar-refractivity contribution in [2.45, 2.75) is 52.5 Å². The van der Waals surface area contributed by atoms with Crippen LogP contribution in [0.25, 0.3) is 22.3 Å². The van der Waals surface area contributed by atoms with Gasteiger partial charge in [-0.2, -0.15) is 5.10 Å². The predicted molar refractivity (Wildman–Crippen MR) is 125 cm³/mol. The van der Waals surface area contributed by atoms with E-state index < -0.39 is 0 Å². The van der Waals surface area contributed by atoms with Crippen LogP contribution >= 0.6 is 0 Å². The molecule has 0 amide bonds. The van der Waals surface area contributed by atoms with E-state index >= 15 is 0 Å². The lowest BCUT2D eigenvalue weighted by Gasteiger charge is -2.31. The summed E-state index contributed by atoms with van der Waals surface area (Å²) in [7, 11) is 4.28. The van der Waals surface area contributed by atoms with Gasteiger partial charge in [0.2, 0.25) is 0 Å². The number of hydrogen-bond acceptors (Lipinski definition) is 6. The number of anilines is 1. The van der Waals surface area contributed by atoms with Crippen molar-refractivity contribution in [2.75, 3.05) is 26.0 Å². The van der Waals surface area contributed by atoms with Gasteiger partial charge in [-0.05, 0) is 78.6 Å². The molecular weight excluding hydrogens is 388 g/mol. The molecule has 0 radical (unpaired) electrons. The number of pyridine rings is 2. The highest BCUT2D eigenvalue weighted by Crippen LogP contribution is 2.33. The molecule has 2 N–H and O–H groups in total. The fraction of sp³-hybridized carbons (Fsp3) is 0.500. The molecule has 1 aliphatic rings. The van der Waals surface area contributed by atoms with Crippen LogP contribution < -0.4 is 5.32 Å². The van der Waals surface area contributed by atoms with E-state index in [0.717, 1.165) is 64.7 Å². The summed E-state index contributed by atoms with van der Waals surface area (Å²) in [4.78, 5) is 24.2. The van der Waals surface area contributed by atoms with Gasteiger partial charge < -0.3 is 10.2 Å². The first-order valence-corrected chi connectivity index (χ1v) is 11.1. The van der Waals surface area contributed by atoms with Crippen LogP contribution in [0.5, 0.6) is 0 Å². The number of nitrogens with zero attached hydrogens (tertiary/aromatic N) is 4. The molecule has 0 bridgehead atoms. The lowest BCUT2D eigenvalue weighted by atomic mass is 9.85. The third-order valence-corrected chi connectivity index (χ3v) is 6.29. The molecule has 3 aromatic rings. The molecule has 7 heteroatoms. The van der Waals surface area contributed by atoms with Gasteiger partial charge in [-0.15, -0.1) is 0 Å². The van der Waals surface area contributed by atoms with Crippen molar-refractivity contribution in [2.24, 2.45) is 5.92 Å². The summed E-state index contributed by atoms with van der Waals surface area (Å²) >= 11 is 0. The van der Waals surface area contributed by atoms with Crippen molar-refractivity contribution in [1.29, 1.82) is 0 Å². The highest BCUT2D eigenvalue weighted by molar-refractivity contribution is 6.06. The predicted octanol–water partition coefficient (Wildman–Crippen LogP) is 4.37. The first-order chi connectivity index (χ1) is 14.8. The Labute approximate surface area is 183 Å². The Morgan fingerprint density at radius 1 is 1.19 bits per heavy atom. The van der Waals surface area contributed by atoms with Crippen LogP contribution in [0.4, 0.5) is 5.69 Å². The number of aromatic nitrogens is 4. The monoisotopic (exact) mass is 420 g/mol. The standard InChI is InChI=1S/C24H32N6O/c1-14-22(15(2)29-28-14)20-10-11-21-24(27-20)23(19(12-25-21)16(3)31)26-18-8-6-17(7-9-18)13-30(4)5/h10-12,17-18H,6-9,13H2,1-5H3,(H,25,26)(H,28,29)/t17-,18-. The third-order valence-electron chi connectivity index (χ3n) is 6.29. The van der Waals surface area contributed by atoms with Crippen LogP contribution in [0, 0.1) is 19.8 Å². The van der Waals surface area contributed by atoms with Crippen molar-refractivity contribution < 1.29 is 4.79 Å². The Hall–Kier alpha value is -2.80. The Balaban J connectivity index is 1.70. The Morgan fingerprint density at radius 2 is 1.94 bits per heavy atom. The molecule has 0 aliphatic heterocycles. The molecule has 0 aromatic carbocycles. The van der Waals surface area contributed by atoms with E-state index in [0.29, 0.717) is 11.6 Å². The summed E-state index contributed by atoms with van der Waals surface area (Å²) in [6, 6.07) is 4.29. The number of H-pyrrole nitrogens is 1. The summed E-state index contributed by atoms with van der Waals surface area (Å²) in [6.45, 7) is 6.70. The third kappa shape index (κ3) is 4.46. The average molecular weight is 421 g/mol. The van der Waals surface area contributed by atoms with E-state index in [4.69, 9.17) is 4.98 Å². The fourth-order valence-corrected chi connectivity index (χ4v) is 4.76. The molecule has 7 nitrogen and oxygen atoms in total. The maximum absolute atomic E-state index is 12.4. The van der Waals surface area contributed by atoms with E-state index in [1.165, 1.54) is 12.8 Å². The molecule has 0 saturated heterocycles. The first kappa shape index (κ1) is 21.4. The van der Waals surface area contributed by atoms with Crippen LogP contribution in [0.15, 0.2) is 18.3 Å². The molecule has 1 fully saturated rings. The van der Waals surface area contributed by atoms with Crippen LogP contribution in [-0.2, 0) is 0 Å². The topological polar surface area (TPSA) is 86.8 Å². The van der Waals surface area contributed by atoms with Crippen LogP contribution in [0.1, 0.15) is 54.4 Å². The normalized spacial score (nSPS) is 19.2. The number of hydrogen-bond donors (Lipinski definition) is 2. The highest BCUT2D eigenvalue weighted by Gasteiger charge is 2.24. The van der Waals surface area contributed by atoms with Gasteiger partial charge in [-0.25, -0.2) is 4.98 Å². The van der Waals surface area contributed by atoms with Crippen molar-refractivity contribution in [1.82, 2.24) is 25.1 Å². The minimum atomic E-state index is 0.000990. The van der Waals surface area contributed by atoms with E-state index in [2.05, 4.69) is 39.5 Å². The summed E-state index contributed by atoms with van der Waals surface area (Å²) in [5.41, 5.74) is 6.70. The summed E-state index contributed by atoms with van der Waals surface area (Å²) in [5.74, 6) is 0.743. The molecule has 31 heavy (non-hydrogen) atoms. The second-order valence-electron chi connectivity index (χ2n) is 9.10. The molecule has 4 rings (SSSR count). The Morgan fingerprint density at radius 3 is 2.55 bits per heavy atom. The fourth-order valence-electron chi connectivity index (χ4n) is 4.76. The van der Waals surface area contributed by atoms with Crippen molar-refractivity contribution in [3.8, 4) is 11.3 Å². The van der Waals surface area contributed by atoms with Crippen molar-refractivity contribution >= 4 is 22.5 Å². The number of aryl methyl sites for hydroxylation is 2. The summed E-state index contributed by atoms with van der Waals surface area (Å²) in [6.07, 6.45) is 6.26. The van der Waals surface area contributed by atoms with E-state index in [1.807, 2.05) is 26.0 Å². The number of aromatic amines is 1. The number of nitrogens with one attached hydrogen (secondary N) is 2. The maximum Gasteiger partial charge on any atom is 0.163 e. The van der Waals surface area contributed by atoms with Crippen LogP contribution in [0.2, 0.25) is 0 Å². The van der Waals surface area contributed by atoms with E-state index in [9.17, 15) is 4.79 Å². The van der Waals surface area contributed by atoms with Gasteiger partial charge in [0.25, 0.3) is 0 Å². The smallest absolute Gasteiger partial charge is 0.163 e. The zero-order valence-electron chi connectivity index (χ0n) is 19.1. The summed E-state index contributed by atoms with van der Waals surface area (Å²) < 4.78 is 0. The molecule has 0 atom stereocenters. The molecule has 0 unspecified atom stereocenters. The second-order valence-corrected chi connectivity index (χ2v) is 9.10. The number of Topliss-reactive ketones (excluding diaryl/α,β-unsaturated/α-hetero) is 1. The lowest BCUT2D eigenvalue weighted by molar-refractivity contribution is 0.101. The molecule has 3 aromatic heterocycles. The van der Waals surface area contributed by atoms with Crippen molar-refractivity contribution in [3.63, 3.8) is 0 Å². The second kappa shape index (κ2) is 8.75. The molecule has 1 saturated carbocycles. The minimum Gasteiger partial charge on any atom is -0.380 e. The van der Waals surface area contributed by atoms with Gasteiger partial charge in [-0.3, -0.25) is 14.9 Å². The van der Waals surface area contributed by atoms with E-state index in [1.54, 1.807) is 13.1 Å². The minimum absolute atomic E-state index is 0.000990. The molecule has 0 spiro atoms. The number of fused-ring (bicyclic) bond motifs is 1. The number of rotatable bonds is 6. The van der Waals surface area contributed by atoms with Crippen molar-refractivity contribution in [3.05, 3.63) is 35.3 Å². The van der Waals surface area contributed by atoms with Crippen LogP contribution in [0.3, 0.4) is 0 Å². The molecule has 1 aliphatic carbocycles. The number of ketones is 1. The van der Waals surface area contributed by atoms with Gasteiger partial charge in [0, 0.05) is 30.0 Å². The maximum atomic E-state index is 12.4. The SMILES string of the molecule is CC(=O)c1cnc2ccc(-c3c(C)n[nH]c3C)nc2c1N[C@H]1CC[C@H](CN(C)C)CC1. The zero-order valence-corrected chi connectivity index (χ0v) is 19.1. The Bertz CT molecular complexity index is 1080. The Kier molecular flexibility index (Phi) is 6.05. The highest BCUT2D eigenvalue weighted by atomic mass is 16.1. The van der Waals surface area contributed by atoms with Gasteiger partial charge in [-0.1, -0.05) is 0 Å². The zero-order chi connectivity index (χ0) is 22.1. The molecular formula is C24H32N6O. The van der Waals surface area contributed by atoms with Crippen LogP contribution in [-0.4, -0.2) is 57.5 Å². The van der Waals surface area contributed by atoms with Gasteiger partial charge >= 0.3 is 0 Å². The molecule has 164 valence electrons. The largest absolute Gasteiger partial charge is 0.380 e. The number of carbonyl (C=O) groups excluding carboxylic acids is 1. The average Bonchev–Trinajstić information content (AvgIpc) is 3.07. The first-order valence-electron chi connectivity index (χ1n) is 11.1.